The third-order valence-electron chi connectivity index (χ3n) is 2.63. The van der Waals surface area contributed by atoms with Crippen LogP contribution in [0.4, 0.5) is 0 Å². The average Bonchev–Trinajstić information content (AvgIpc) is 2.99. The number of aromatic nitrogens is 5. The summed E-state index contributed by atoms with van der Waals surface area (Å²) in [6, 6.07) is 0. The number of rotatable bonds is 7. The molecule has 1 atom stereocenters. The molecule has 1 N–H and O–H groups in total. The highest BCUT2D eigenvalue weighted by atomic mass is 32.2. The molecule has 0 aromatic carbocycles. The summed E-state index contributed by atoms with van der Waals surface area (Å²) in [4.78, 5) is 11.7. The third-order valence-corrected chi connectivity index (χ3v) is 3.70. The highest BCUT2D eigenvalue weighted by molar-refractivity contribution is 7.99. The number of hydrogen-bond donors (Lipinski definition) is 1. The third kappa shape index (κ3) is 3.48. The maximum Gasteiger partial charge on any atom is 0.343 e. The van der Waals surface area contributed by atoms with Gasteiger partial charge in [-0.3, -0.25) is 4.57 Å². The van der Waals surface area contributed by atoms with Gasteiger partial charge in [0.25, 0.3) is 0 Å². The summed E-state index contributed by atoms with van der Waals surface area (Å²) in [6.45, 7) is 4.82. The van der Waals surface area contributed by atoms with Crippen LogP contribution in [0.15, 0.2) is 14.4 Å². The van der Waals surface area contributed by atoms with Crippen LogP contribution in [0.5, 0.6) is 0 Å². The van der Waals surface area contributed by atoms with Gasteiger partial charge in [-0.2, -0.15) is 0 Å². The molecular weight excluding hydrogens is 282 g/mol. The normalized spacial score (nSPS) is 12.8. The zero-order valence-electron chi connectivity index (χ0n) is 11.6. The second-order valence-corrected chi connectivity index (χ2v) is 5.54. The van der Waals surface area contributed by atoms with Crippen molar-refractivity contribution in [3.05, 3.63) is 22.3 Å². The molecule has 0 fully saturated rings. The van der Waals surface area contributed by atoms with Gasteiger partial charge in [-0.05, 0) is 13.3 Å². The Balaban J connectivity index is 2.07. The predicted molar refractivity (Wildman–Crippen MR) is 72.6 cm³/mol. The second-order valence-electron chi connectivity index (χ2n) is 4.23. The van der Waals surface area contributed by atoms with Crippen LogP contribution in [0.1, 0.15) is 30.4 Å². The number of nitrogens with one attached hydrogen (secondary N) is 1. The number of nitrogens with zero attached hydrogens (tertiary/aromatic N) is 4. The van der Waals surface area contributed by atoms with Crippen LogP contribution in [0.3, 0.4) is 0 Å². The molecule has 9 heteroatoms. The van der Waals surface area contributed by atoms with Gasteiger partial charge in [0.1, 0.15) is 0 Å². The maximum atomic E-state index is 11.7. The van der Waals surface area contributed by atoms with Crippen LogP contribution >= 0.6 is 11.8 Å². The van der Waals surface area contributed by atoms with E-state index in [4.69, 9.17) is 9.15 Å². The Bertz CT molecular complexity index is 605. The zero-order valence-corrected chi connectivity index (χ0v) is 12.4. The lowest BCUT2D eigenvalue weighted by molar-refractivity contribution is 0.189. The van der Waals surface area contributed by atoms with Crippen molar-refractivity contribution in [1.82, 2.24) is 25.0 Å². The van der Waals surface area contributed by atoms with Gasteiger partial charge in [0.05, 0.1) is 5.25 Å². The summed E-state index contributed by atoms with van der Waals surface area (Å²) in [6.07, 6.45) is 0.748. The summed E-state index contributed by atoms with van der Waals surface area (Å²) in [5.41, 5.74) is -0.225. The molecule has 0 aliphatic carbocycles. The summed E-state index contributed by atoms with van der Waals surface area (Å²) < 4.78 is 11.9. The smallest absolute Gasteiger partial charge is 0.343 e. The van der Waals surface area contributed by atoms with Crippen molar-refractivity contribution in [2.75, 3.05) is 13.7 Å². The molecule has 1 unspecified atom stereocenters. The molecule has 0 amide bonds. The maximum absolute atomic E-state index is 11.7. The first-order chi connectivity index (χ1) is 9.61. The van der Waals surface area contributed by atoms with Gasteiger partial charge in [-0.15, -0.1) is 15.3 Å². The predicted octanol–water partition coefficient (Wildman–Crippen LogP) is 1.15. The van der Waals surface area contributed by atoms with Crippen molar-refractivity contribution in [3.63, 3.8) is 0 Å². The summed E-state index contributed by atoms with van der Waals surface area (Å²) in [5, 5.41) is 14.8. The summed E-state index contributed by atoms with van der Waals surface area (Å²) in [5.74, 6) is 1.04. The topological polar surface area (TPSA) is 98.8 Å². The van der Waals surface area contributed by atoms with E-state index in [1.165, 1.54) is 11.8 Å². The van der Waals surface area contributed by atoms with Crippen LogP contribution in [0.25, 0.3) is 0 Å². The molecule has 8 nitrogen and oxygen atoms in total. The summed E-state index contributed by atoms with van der Waals surface area (Å²) >= 11 is 1.40. The van der Waals surface area contributed by atoms with Crippen LogP contribution < -0.4 is 5.69 Å². The molecule has 0 aliphatic rings. The van der Waals surface area contributed by atoms with E-state index in [1.807, 2.05) is 6.92 Å². The van der Waals surface area contributed by atoms with E-state index < -0.39 is 0 Å². The summed E-state index contributed by atoms with van der Waals surface area (Å²) in [7, 11) is 1.63. The number of methoxy groups -OCH3 is 1. The highest BCUT2D eigenvalue weighted by Gasteiger charge is 2.18. The molecule has 0 saturated heterocycles. The number of hydrogen-bond acceptors (Lipinski definition) is 7. The van der Waals surface area contributed by atoms with Gasteiger partial charge in [0.15, 0.2) is 5.16 Å². The zero-order chi connectivity index (χ0) is 14.5. The Hall–Kier alpha value is -1.61. The largest absolute Gasteiger partial charge is 0.424 e. The average molecular weight is 299 g/mol. The van der Waals surface area contributed by atoms with Crippen molar-refractivity contribution in [2.24, 2.45) is 0 Å². The number of aromatic amines is 1. The lowest BCUT2D eigenvalue weighted by Crippen LogP contribution is -2.18. The minimum absolute atomic E-state index is 0.0763. The number of ether oxygens (including phenoxy) is 1. The van der Waals surface area contributed by atoms with Crippen LogP contribution in [-0.4, -0.2) is 38.7 Å². The minimum Gasteiger partial charge on any atom is -0.424 e. The van der Waals surface area contributed by atoms with Gasteiger partial charge < -0.3 is 9.15 Å². The molecule has 2 heterocycles. The van der Waals surface area contributed by atoms with Crippen molar-refractivity contribution in [2.45, 2.75) is 37.2 Å². The van der Waals surface area contributed by atoms with Gasteiger partial charge in [0.2, 0.25) is 11.8 Å². The van der Waals surface area contributed by atoms with E-state index in [0.29, 0.717) is 30.1 Å². The standard InChI is InChI=1S/C11H17N5O3S/c1-7(9-13-12-8(2)19-9)20-11-15-14-10(17)16(11)5-4-6-18-3/h7H,4-6H2,1-3H3,(H,14,17). The quantitative estimate of drug-likeness (QED) is 0.604. The van der Waals surface area contributed by atoms with Gasteiger partial charge in [-0.1, -0.05) is 11.8 Å². The molecule has 0 spiro atoms. The molecule has 2 aromatic heterocycles. The van der Waals surface area contributed by atoms with Crippen molar-refractivity contribution in [1.29, 1.82) is 0 Å². The molecule has 0 bridgehead atoms. The lowest BCUT2D eigenvalue weighted by atomic mass is 10.4. The van der Waals surface area contributed by atoms with Crippen LogP contribution in [-0.2, 0) is 11.3 Å². The van der Waals surface area contributed by atoms with E-state index >= 15 is 0 Å². The molecule has 2 rings (SSSR count). The molecule has 2 aromatic rings. The SMILES string of the molecule is COCCCn1c(SC(C)c2nnc(C)o2)n[nH]c1=O. The Kier molecular flexibility index (Phi) is 4.96. The number of thioether (sulfide) groups is 1. The van der Waals surface area contributed by atoms with E-state index in [2.05, 4.69) is 20.4 Å². The number of aryl methyl sites for hydroxylation is 1. The molecule has 110 valence electrons. The monoisotopic (exact) mass is 299 g/mol. The van der Waals surface area contributed by atoms with Gasteiger partial charge in [-0.25, -0.2) is 9.89 Å². The van der Waals surface area contributed by atoms with Crippen LogP contribution in [0.2, 0.25) is 0 Å². The van der Waals surface area contributed by atoms with E-state index in [-0.39, 0.29) is 10.9 Å². The van der Waals surface area contributed by atoms with E-state index in [9.17, 15) is 4.79 Å². The molecule has 0 radical (unpaired) electrons. The first kappa shape index (κ1) is 14.8. The molecule has 20 heavy (non-hydrogen) atoms. The first-order valence-corrected chi connectivity index (χ1v) is 7.10. The van der Waals surface area contributed by atoms with Gasteiger partial charge >= 0.3 is 5.69 Å². The van der Waals surface area contributed by atoms with Crippen molar-refractivity contribution >= 4 is 11.8 Å². The minimum atomic E-state index is -0.225. The second kappa shape index (κ2) is 6.71. The molecular formula is C11H17N5O3S. The lowest BCUT2D eigenvalue weighted by Gasteiger charge is -2.07. The van der Waals surface area contributed by atoms with Crippen LogP contribution in [0, 0.1) is 6.92 Å². The Labute approximate surface area is 119 Å². The fourth-order valence-corrected chi connectivity index (χ4v) is 2.55. The Morgan fingerprint density at radius 3 is 2.95 bits per heavy atom. The van der Waals surface area contributed by atoms with Crippen molar-refractivity contribution in [3.8, 4) is 0 Å². The fourth-order valence-electron chi connectivity index (χ4n) is 1.64. The highest BCUT2D eigenvalue weighted by Crippen LogP contribution is 2.32. The first-order valence-electron chi connectivity index (χ1n) is 6.22. The number of H-pyrrole nitrogens is 1. The molecule has 0 saturated carbocycles. The van der Waals surface area contributed by atoms with E-state index in [0.717, 1.165) is 6.42 Å². The van der Waals surface area contributed by atoms with Crippen molar-refractivity contribution < 1.29 is 9.15 Å². The Morgan fingerprint density at radius 1 is 1.50 bits per heavy atom. The Morgan fingerprint density at radius 2 is 2.30 bits per heavy atom. The van der Waals surface area contributed by atoms with E-state index in [1.54, 1.807) is 18.6 Å². The molecule has 0 aliphatic heterocycles. The van der Waals surface area contributed by atoms with Gasteiger partial charge in [0, 0.05) is 27.2 Å². The fraction of sp³-hybridized carbons (Fsp3) is 0.636.